The number of hydrogen-bond donors (Lipinski definition) is 1. The molecule has 0 radical (unpaired) electrons. The number of nitrogens with one attached hydrogen (secondary N) is 1. The molecule has 38 heavy (non-hydrogen) atoms. The van der Waals surface area contributed by atoms with Crippen LogP contribution < -0.4 is 10.2 Å². The van der Waals surface area contributed by atoms with E-state index in [4.69, 9.17) is 4.74 Å². The largest absolute Gasteiger partial charge is 0.465 e. The number of carbonyl (C=O) groups is 2. The maximum atomic E-state index is 12.9. The zero-order valence-electron chi connectivity index (χ0n) is 21.7. The van der Waals surface area contributed by atoms with Crippen molar-refractivity contribution >= 4 is 45.7 Å². The van der Waals surface area contributed by atoms with Gasteiger partial charge >= 0.3 is 5.97 Å². The van der Waals surface area contributed by atoms with Gasteiger partial charge in [-0.3, -0.25) is 9.36 Å². The summed E-state index contributed by atoms with van der Waals surface area (Å²) in [5, 5.41) is 14.5. The van der Waals surface area contributed by atoms with Crippen molar-refractivity contribution in [2.45, 2.75) is 18.6 Å². The first-order valence-electron chi connectivity index (χ1n) is 11.8. The zero-order chi connectivity index (χ0) is 27.2. The Morgan fingerprint density at radius 3 is 2.42 bits per heavy atom. The fraction of sp³-hybridized carbons (Fsp3) is 0.214. The lowest BCUT2D eigenvalue weighted by molar-refractivity contribution is -0.113. The number of anilines is 2. The number of benzene rings is 2. The number of esters is 1. The van der Waals surface area contributed by atoms with E-state index in [0.29, 0.717) is 28.1 Å². The molecule has 0 aliphatic carbocycles. The number of methoxy groups -OCH3 is 1. The molecule has 4 aromatic rings. The SMILES string of the molecule is C=CCn1c(SCC(=O)Nc2scc(-c3ccc(C)cc3)c2C(=O)OC)nnc1-c1ccc(N(C)C)cc1. The van der Waals surface area contributed by atoms with Crippen LogP contribution in [0.5, 0.6) is 0 Å². The van der Waals surface area contributed by atoms with Crippen molar-refractivity contribution in [2.75, 3.05) is 37.2 Å². The third kappa shape index (κ3) is 5.98. The number of nitrogens with zero attached hydrogens (tertiary/aromatic N) is 4. The van der Waals surface area contributed by atoms with Crippen LogP contribution in [0.1, 0.15) is 15.9 Å². The van der Waals surface area contributed by atoms with Crippen molar-refractivity contribution < 1.29 is 14.3 Å². The van der Waals surface area contributed by atoms with E-state index in [1.165, 1.54) is 30.2 Å². The second kappa shape index (κ2) is 12.1. The fourth-order valence-electron chi connectivity index (χ4n) is 3.80. The number of thiophene rings is 1. The van der Waals surface area contributed by atoms with E-state index in [1.54, 1.807) is 6.08 Å². The molecule has 196 valence electrons. The minimum atomic E-state index is -0.500. The molecule has 0 unspecified atom stereocenters. The molecular weight excluding hydrogens is 518 g/mol. The predicted octanol–water partition coefficient (Wildman–Crippen LogP) is 5.75. The van der Waals surface area contributed by atoms with E-state index in [0.717, 1.165) is 27.9 Å². The van der Waals surface area contributed by atoms with Crippen LogP contribution in [-0.2, 0) is 16.1 Å². The summed E-state index contributed by atoms with van der Waals surface area (Å²) in [5.41, 5.74) is 5.07. The average Bonchev–Trinajstić information content (AvgIpc) is 3.52. The summed E-state index contributed by atoms with van der Waals surface area (Å²) in [5.74, 6) is 0.0303. The molecule has 0 saturated heterocycles. The number of ether oxygens (including phenoxy) is 1. The summed E-state index contributed by atoms with van der Waals surface area (Å²) >= 11 is 2.57. The molecule has 2 aromatic heterocycles. The molecule has 0 aliphatic rings. The van der Waals surface area contributed by atoms with Gasteiger partial charge in [0.15, 0.2) is 11.0 Å². The number of aromatic nitrogens is 3. The molecule has 0 spiro atoms. The normalized spacial score (nSPS) is 10.7. The van der Waals surface area contributed by atoms with Gasteiger partial charge in [-0.2, -0.15) is 0 Å². The van der Waals surface area contributed by atoms with E-state index in [2.05, 4.69) is 22.1 Å². The quantitative estimate of drug-likeness (QED) is 0.154. The third-order valence-corrected chi connectivity index (χ3v) is 7.66. The minimum absolute atomic E-state index is 0.0905. The standard InChI is InChI=1S/C28H29N5O3S2/c1-6-15-33-25(20-11-13-21(14-12-20)32(3)4)30-31-28(33)38-17-23(34)29-26-24(27(35)36-5)22(16-37-26)19-9-7-18(2)8-10-19/h6-14,16H,1,15,17H2,2-5H3,(H,29,34). The summed E-state index contributed by atoms with van der Waals surface area (Å²) in [6, 6.07) is 15.9. The Morgan fingerprint density at radius 2 is 1.79 bits per heavy atom. The van der Waals surface area contributed by atoms with Gasteiger partial charge in [0, 0.05) is 42.8 Å². The number of rotatable bonds is 10. The summed E-state index contributed by atoms with van der Waals surface area (Å²) in [6.45, 7) is 6.35. The molecule has 2 heterocycles. The molecule has 0 saturated carbocycles. The molecular formula is C28H29N5O3S2. The number of aryl methyl sites for hydroxylation is 1. The van der Waals surface area contributed by atoms with Gasteiger partial charge in [0.05, 0.1) is 12.9 Å². The lowest BCUT2D eigenvalue weighted by atomic mass is 10.0. The Bertz CT molecular complexity index is 1440. The number of allylic oxidation sites excluding steroid dienone is 1. The lowest BCUT2D eigenvalue weighted by Crippen LogP contribution is -2.16. The maximum Gasteiger partial charge on any atom is 0.341 e. The van der Waals surface area contributed by atoms with Gasteiger partial charge in [0.2, 0.25) is 5.91 Å². The van der Waals surface area contributed by atoms with Crippen LogP contribution in [0.25, 0.3) is 22.5 Å². The van der Waals surface area contributed by atoms with Crippen LogP contribution in [0.4, 0.5) is 10.7 Å². The van der Waals surface area contributed by atoms with Gasteiger partial charge < -0.3 is 15.0 Å². The van der Waals surface area contributed by atoms with Crippen molar-refractivity contribution in [3.8, 4) is 22.5 Å². The van der Waals surface area contributed by atoms with Crippen molar-refractivity contribution in [1.82, 2.24) is 14.8 Å². The first-order valence-corrected chi connectivity index (χ1v) is 13.7. The van der Waals surface area contributed by atoms with Gasteiger partial charge in [-0.05, 0) is 36.8 Å². The molecule has 4 rings (SSSR count). The topological polar surface area (TPSA) is 89.3 Å². The number of thioether (sulfide) groups is 1. The molecule has 1 amide bonds. The first kappa shape index (κ1) is 27.2. The molecule has 0 aliphatic heterocycles. The highest BCUT2D eigenvalue weighted by molar-refractivity contribution is 7.99. The second-order valence-electron chi connectivity index (χ2n) is 8.69. The molecule has 0 bridgehead atoms. The maximum absolute atomic E-state index is 12.9. The van der Waals surface area contributed by atoms with Gasteiger partial charge in [-0.1, -0.05) is 47.7 Å². The van der Waals surface area contributed by atoms with Crippen LogP contribution in [0.3, 0.4) is 0 Å². The number of carbonyl (C=O) groups excluding carboxylic acids is 2. The fourth-order valence-corrected chi connectivity index (χ4v) is 5.53. The van der Waals surface area contributed by atoms with Gasteiger partial charge in [-0.25, -0.2) is 4.79 Å². The summed E-state index contributed by atoms with van der Waals surface area (Å²) in [7, 11) is 5.31. The van der Waals surface area contributed by atoms with Gasteiger partial charge in [0.1, 0.15) is 10.6 Å². The number of amides is 1. The summed E-state index contributed by atoms with van der Waals surface area (Å²) in [4.78, 5) is 27.6. The Morgan fingerprint density at radius 1 is 1.11 bits per heavy atom. The molecule has 1 N–H and O–H groups in total. The van der Waals surface area contributed by atoms with Crippen molar-refractivity contribution in [3.05, 3.63) is 77.7 Å². The molecule has 2 aromatic carbocycles. The average molecular weight is 548 g/mol. The van der Waals surface area contributed by atoms with Gasteiger partial charge in [0.25, 0.3) is 0 Å². The minimum Gasteiger partial charge on any atom is -0.465 e. The van der Waals surface area contributed by atoms with Crippen molar-refractivity contribution in [2.24, 2.45) is 0 Å². The monoisotopic (exact) mass is 547 g/mol. The van der Waals surface area contributed by atoms with E-state index >= 15 is 0 Å². The van der Waals surface area contributed by atoms with Gasteiger partial charge in [-0.15, -0.1) is 28.1 Å². The highest BCUT2D eigenvalue weighted by Crippen LogP contribution is 2.36. The van der Waals surface area contributed by atoms with E-state index in [-0.39, 0.29) is 11.7 Å². The molecule has 8 nitrogen and oxygen atoms in total. The van der Waals surface area contributed by atoms with Crippen LogP contribution in [0.2, 0.25) is 0 Å². The number of hydrogen-bond acceptors (Lipinski definition) is 8. The van der Waals surface area contributed by atoms with Crippen LogP contribution in [-0.4, -0.2) is 53.6 Å². The Labute approximate surface area is 230 Å². The second-order valence-corrected chi connectivity index (χ2v) is 10.5. The Kier molecular flexibility index (Phi) is 8.65. The van der Waals surface area contributed by atoms with Crippen molar-refractivity contribution in [3.63, 3.8) is 0 Å². The molecule has 0 fully saturated rings. The zero-order valence-corrected chi connectivity index (χ0v) is 23.4. The Hall–Kier alpha value is -3.89. The van der Waals surface area contributed by atoms with Crippen LogP contribution >= 0.6 is 23.1 Å². The highest BCUT2D eigenvalue weighted by atomic mass is 32.2. The van der Waals surface area contributed by atoms with E-state index < -0.39 is 5.97 Å². The van der Waals surface area contributed by atoms with Crippen molar-refractivity contribution in [1.29, 1.82) is 0 Å². The predicted molar refractivity (Wildman–Crippen MR) is 155 cm³/mol. The van der Waals surface area contributed by atoms with E-state index in [9.17, 15) is 9.59 Å². The van der Waals surface area contributed by atoms with Crippen LogP contribution in [0, 0.1) is 6.92 Å². The van der Waals surface area contributed by atoms with Crippen LogP contribution in [0.15, 0.2) is 71.7 Å². The third-order valence-electron chi connectivity index (χ3n) is 5.80. The smallest absolute Gasteiger partial charge is 0.341 e. The molecule has 0 atom stereocenters. The summed E-state index contributed by atoms with van der Waals surface area (Å²) < 4.78 is 6.94. The lowest BCUT2D eigenvalue weighted by Gasteiger charge is -2.13. The molecule has 10 heteroatoms. The first-order chi connectivity index (χ1) is 18.3. The van der Waals surface area contributed by atoms with E-state index in [1.807, 2.05) is 84.4 Å². The highest BCUT2D eigenvalue weighted by Gasteiger charge is 2.23. The summed E-state index contributed by atoms with van der Waals surface area (Å²) in [6.07, 6.45) is 1.77. The Balaban J connectivity index is 1.51.